The largest absolute Gasteiger partial charge is 0.494 e. The van der Waals surface area contributed by atoms with Crippen molar-refractivity contribution in [2.45, 2.75) is 19.3 Å². The molecular formula is C14H12F3IN4O. The molecule has 0 saturated heterocycles. The van der Waals surface area contributed by atoms with Crippen molar-refractivity contribution in [2.75, 3.05) is 7.11 Å². The Morgan fingerprint density at radius 3 is 2.61 bits per heavy atom. The smallest absolute Gasteiger partial charge is 0.435 e. The zero-order chi connectivity index (χ0) is 16.6. The van der Waals surface area contributed by atoms with Gasteiger partial charge in [-0.3, -0.25) is 9.36 Å². The van der Waals surface area contributed by atoms with Crippen molar-refractivity contribution in [3.63, 3.8) is 0 Å². The zero-order valence-corrected chi connectivity index (χ0v) is 14.2. The van der Waals surface area contributed by atoms with Gasteiger partial charge >= 0.3 is 6.18 Å². The van der Waals surface area contributed by atoms with Crippen LogP contribution in [0.25, 0.3) is 10.9 Å². The molecule has 2 aromatic heterocycles. The molecule has 0 amide bonds. The van der Waals surface area contributed by atoms with E-state index >= 15 is 0 Å². The second-order valence-corrected chi connectivity index (χ2v) is 5.85. The van der Waals surface area contributed by atoms with Crippen LogP contribution in [-0.4, -0.2) is 26.7 Å². The van der Waals surface area contributed by atoms with Crippen LogP contribution in [0.5, 0.6) is 5.75 Å². The summed E-state index contributed by atoms with van der Waals surface area (Å²) in [6.45, 7) is 0.667. The molecule has 0 aliphatic rings. The summed E-state index contributed by atoms with van der Waals surface area (Å²) in [5.41, 5.74) is -0.0717. The molecule has 122 valence electrons. The highest BCUT2D eigenvalue weighted by molar-refractivity contribution is 14.1. The topological polar surface area (TPSA) is 44.9 Å². The fraction of sp³-hybridized carbons (Fsp3) is 0.286. The minimum absolute atomic E-state index is 0.279. The second-order valence-electron chi connectivity index (χ2n) is 4.83. The van der Waals surface area contributed by atoms with E-state index in [0.717, 1.165) is 20.7 Å². The van der Waals surface area contributed by atoms with Gasteiger partial charge in [-0.15, -0.1) is 0 Å². The molecule has 0 saturated carbocycles. The molecule has 0 aliphatic carbocycles. The third-order valence-corrected chi connectivity index (χ3v) is 4.18. The Balaban J connectivity index is 1.86. The Bertz CT molecular complexity index is 840. The third-order valence-electron chi connectivity index (χ3n) is 3.38. The first-order valence-electron chi connectivity index (χ1n) is 6.70. The van der Waals surface area contributed by atoms with Gasteiger partial charge in [0.2, 0.25) is 0 Å². The van der Waals surface area contributed by atoms with Crippen molar-refractivity contribution < 1.29 is 17.9 Å². The molecule has 0 spiro atoms. The molecule has 9 heteroatoms. The summed E-state index contributed by atoms with van der Waals surface area (Å²) in [5, 5.41) is 8.92. The van der Waals surface area contributed by atoms with Crippen LogP contribution in [0.2, 0.25) is 0 Å². The van der Waals surface area contributed by atoms with Crippen LogP contribution < -0.4 is 4.74 Å². The Labute approximate surface area is 143 Å². The van der Waals surface area contributed by atoms with Gasteiger partial charge in [-0.1, -0.05) is 6.07 Å². The van der Waals surface area contributed by atoms with Gasteiger partial charge in [-0.25, -0.2) is 0 Å². The van der Waals surface area contributed by atoms with Crippen LogP contribution >= 0.6 is 22.6 Å². The van der Waals surface area contributed by atoms with Crippen LogP contribution in [0, 0.1) is 3.70 Å². The van der Waals surface area contributed by atoms with Gasteiger partial charge < -0.3 is 4.74 Å². The van der Waals surface area contributed by atoms with Crippen molar-refractivity contribution in [3.8, 4) is 5.75 Å². The number of hydrogen-bond donors (Lipinski definition) is 0. The molecule has 3 aromatic rings. The number of para-hydroxylation sites is 1. The number of methoxy groups -OCH3 is 1. The van der Waals surface area contributed by atoms with Gasteiger partial charge in [0, 0.05) is 11.6 Å². The molecule has 0 fully saturated rings. The van der Waals surface area contributed by atoms with Crippen LogP contribution in [0.15, 0.2) is 30.5 Å². The van der Waals surface area contributed by atoms with Gasteiger partial charge in [-0.2, -0.15) is 23.4 Å². The van der Waals surface area contributed by atoms with Crippen molar-refractivity contribution in [3.05, 3.63) is 39.9 Å². The molecule has 1 aromatic carbocycles. The predicted molar refractivity (Wildman–Crippen MR) is 86.2 cm³/mol. The molecule has 0 bridgehead atoms. The molecule has 0 N–H and O–H groups in total. The van der Waals surface area contributed by atoms with E-state index in [0.29, 0.717) is 12.3 Å². The number of ether oxygens (including phenoxy) is 1. The van der Waals surface area contributed by atoms with E-state index in [9.17, 15) is 13.2 Å². The van der Waals surface area contributed by atoms with Crippen LogP contribution in [-0.2, 0) is 19.3 Å². The number of halogens is 4. The molecule has 23 heavy (non-hydrogen) atoms. The number of benzene rings is 1. The first kappa shape index (κ1) is 16.1. The first-order chi connectivity index (χ1) is 10.9. The first-order valence-corrected chi connectivity index (χ1v) is 7.77. The van der Waals surface area contributed by atoms with Gasteiger partial charge in [0.05, 0.1) is 20.2 Å². The normalized spacial score (nSPS) is 12.0. The fourth-order valence-corrected chi connectivity index (χ4v) is 3.02. The number of aromatic nitrogens is 4. The van der Waals surface area contributed by atoms with Gasteiger partial charge in [0.15, 0.2) is 5.69 Å². The molecule has 0 atom stereocenters. The Hall–Kier alpha value is -1.78. The van der Waals surface area contributed by atoms with Crippen molar-refractivity contribution in [2.24, 2.45) is 0 Å². The van der Waals surface area contributed by atoms with Crippen LogP contribution in [0.1, 0.15) is 5.69 Å². The number of rotatable bonds is 4. The van der Waals surface area contributed by atoms with Crippen molar-refractivity contribution in [1.82, 2.24) is 19.6 Å². The van der Waals surface area contributed by atoms with E-state index in [2.05, 4.69) is 32.8 Å². The SMILES string of the molecule is COc1cccc2c(I)nn(CCn3ccc(C(F)(F)F)n3)c12. The highest BCUT2D eigenvalue weighted by Crippen LogP contribution is 2.29. The van der Waals surface area contributed by atoms with Gasteiger partial charge in [0.25, 0.3) is 0 Å². The molecule has 2 heterocycles. The number of hydrogen-bond acceptors (Lipinski definition) is 3. The van der Waals surface area contributed by atoms with E-state index in [1.165, 1.54) is 10.9 Å². The van der Waals surface area contributed by atoms with E-state index < -0.39 is 11.9 Å². The zero-order valence-electron chi connectivity index (χ0n) is 12.0. The fourth-order valence-electron chi connectivity index (χ4n) is 2.33. The summed E-state index contributed by atoms with van der Waals surface area (Å²) >= 11 is 2.12. The summed E-state index contributed by atoms with van der Waals surface area (Å²) in [4.78, 5) is 0. The number of fused-ring (bicyclic) bond motifs is 1. The van der Waals surface area contributed by atoms with E-state index in [1.807, 2.05) is 18.2 Å². The standard InChI is InChI=1S/C14H12F3IN4O/c1-23-10-4-2-3-9-12(10)22(20-13(9)18)8-7-21-6-5-11(19-21)14(15,16)17/h2-6H,7-8H2,1H3. The predicted octanol–water partition coefficient (Wildman–Crippen LogP) is 3.57. The quantitative estimate of drug-likeness (QED) is 0.588. The number of nitrogens with zero attached hydrogens (tertiary/aromatic N) is 4. The molecule has 0 radical (unpaired) electrons. The average molecular weight is 436 g/mol. The number of alkyl halides is 3. The Kier molecular flexibility index (Phi) is 4.21. The van der Waals surface area contributed by atoms with Gasteiger partial charge in [-0.05, 0) is 40.8 Å². The lowest BCUT2D eigenvalue weighted by molar-refractivity contribution is -0.141. The highest BCUT2D eigenvalue weighted by Gasteiger charge is 2.33. The molecule has 0 aliphatic heterocycles. The summed E-state index contributed by atoms with van der Waals surface area (Å²) in [6.07, 6.45) is -3.11. The summed E-state index contributed by atoms with van der Waals surface area (Å²) in [6, 6.07) is 6.59. The maximum Gasteiger partial charge on any atom is 0.435 e. The lowest BCUT2D eigenvalue weighted by Gasteiger charge is -2.07. The molecular weight excluding hydrogens is 424 g/mol. The molecule has 0 unspecified atom stereocenters. The Morgan fingerprint density at radius 1 is 1.17 bits per heavy atom. The lowest BCUT2D eigenvalue weighted by Crippen LogP contribution is -2.12. The maximum atomic E-state index is 12.6. The lowest BCUT2D eigenvalue weighted by atomic mass is 10.2. The van der Waals surface area contributed by atoms with Crippen LogP contribution in [0.3, 0.4) is 0 Å². The van der Waals surface area contributed by atoms with Crippen LogP contribution in [0.4, 0.5) is 13.2 Å². The summed E-state index contributed by atoms with van der Waals surface area (Å²) < 4.78 is 46.8. The van der Waals surface area contributed by atoms with E-state index in [4.69, 9.17) is 4.74 Å². The minimum atomic E-state index is -4.43. The Morgan fingerprint density at radius 2 is 1.96 bits per heavy atom. The number of aryl methyl sites for hydroxylation is 2. The van der Waals surface area contributed by atoms with E-state index in [-0.39, 0.29) is 6.54 Å². The maximum absolute atomic E-state index is 12.6. The van der Waals surface area contributed by atoms with Crippen molar-refractivity contribution in [1.29, 1.82) is 0 Å². The molecule has 3 rings (SSSR count). The summed E-state index contributed by atoms with van der Waals surface area (Å²) in [7, 11) is 1.57. The highest BCUT2D eigenvalue weighted by atomic mass is 127. The second kappa shape index (κ2) is 6.02. The summed E-state index contributed by atoms with van der Waals surface area (Å²) in [5.74, 6) is 0.675. The third kappa shape index (κ3) is 3.14. The minimum Gasteiger partial charge on any atom is -0.494 e. The van der Waals surface area contributed by atoms with Crippen molar-refractivity contribution >= 4 is 33.5 Å². The van der Waals surface area contributed by atoms with Gasteiger partial charge in [0.1, 0.15) is 15.0 Å². The average Bonchev–Trinajstić information content (AvgIpc) is 3.10. The monoisotopic (exact) mass is 436 g/mol. The van der Waals surface area contributed by atoms with E-state index in [1.54, 1.807) is 11.8 Å². The molecule has 5 nitrogen and oxygen atoms in total.